The predicted octanol–water partition coefficient (Wildman–Crippen LogP) is 4.26. The summed E-state index contributed by atoms with van der Waals surface area (Å²) in [4.78, 5) is 12.7. The maximum absolute atomic E-state index is 12.7. The van der Waals surface area contributed by atoms with Crippen LogP contribution in [0.15, 0.2) is 48.5 Å². The molecule has 3 nitrogen and oxygen atoms in total. The van der Waals surface area contributed by atoms with E-state index in [2.05, 4.69) is 5.32 Å². The molecule has 0 saturated heterocycles. The highest BCUT2D eigenvalue weighted by molar-refractivity contribution is 7.84. The van der Waals surface area contributed by atoms with Crippen LogP contribution in [0.3, 0.4) is 0 Å². The lowest BCUT2D eigenvalue weighted by atomic mass is 9.97. The molecule has 0 saturated carbocycles. The van der Waals surface area contributed by atoms with Crippen molar-refractivity contribution in [3.8, 4) is 11.1 Å². The molecule has 0 aliphatic rings. The molecule has 1 N–H and O–H groups in total. The first kappa shape index (κ1) is 20.2. The number of hydrogen-bond acceptors (Lipinski definition) is 2. The molecule has 0 bridgehead atoms. The first-order chi connectivity index (χ1) is 12.0. The first-order valence-electron chi connectivity index (χ1n) is 7.89. The van der Waals surface area contributed by atoms with E-state index in [9.17, 15) is 22.2 Å². The molecule has 0 fully saturated rings. The average Bonchev–Trinajstić information content (AvgIpc) is 2.52. The van der Waals surface area contributed by atoms with Crippen LogP contribution in [0.5, 0.6) is 0 Å². The Bertz CT molecular complexity index is 814. The van der Waals surface area contributed by atoms with Gasteiger partial charge in [0.15, 0.2) is 0 Å². The van der Waals surface area contributed by atoms with Crippen molar-refractivity contribution >= 4 is 16.7 Å². The van der Waals surface area contributed by atoms with E-state index in [1.165, 1.54) is 12.1 Å². The van der Waals surface area contributed by atoms with Gasteiger partial charge in [-0.2, -0.15) is 13.2 Å². The predicted molar refractivity (Wildman–Crippen MR) is 97.4 cm³/mol. The fraction of sp³-hybridized carbons (Fsp3) is 0.316. The van der Waals surface area contributed by atoms with E-state index in [-0.39, 0.29) is 5.91 Å². The fourth-order valence-corrected chi connectivity index (χ4v) is 3.78. The van der Waals surface area contributed by atoms with Crippen molar-refractivity contribution in [2.24, 2.45) is 0 Å². The topological polar surface area (TPSA) is 46.2 Å². The lowest BCUT2D eigenvalue weighted by Gasteiger charge is -2.25. The van der Waals surface area contributed by atoms with Crippen LogP contribution in [0, 0.1) is 0 Å². The van der Waals surface area contributed by atoms with E-state index in [1.807, 2.05) is 0 Å². The van der Waals surface area contributed by atoms with E-state index >= 15 is 0 Å². The minimum absolute atomic E-state index is 0.293. The van der Waals surface area contributed by atoms with Crippen LogP contribution in [0.25, 0.3) is 11.1 Å². The van der Waals surface area contributed by atoms with Crippen molar-refractivity contribution in [1.29, 1.82) is 0 Å². The van der Waals surface area contributed by atoms with Gasteiger partial charge in [-0.3, -0.25) is 9.00 Å². The SMILES string of the molecule is CS(=O)CC(C)(C)NC(=O)c1ccccc1-c1ccc(C(F)(F)F)cc1. The maximum Gasteiger partial charge on any atom is 0.416 e. The van der Waals surface area contributed by atoms with Gasteiger partial charge < -0.3 is 5.32 Å². The lowest BCUT2D eigenvalue weighted by molar-refractivity contribution is -0.137. The fourth-order valence-electron chi connectivity index (χ4n) is 2.69. The summed E-state index contributed by atoms with van der Waals surface area (Å²) in [5.74, 6) is -0.0720. The van der Waals surface area contributed by atoms with E-state index < -0.39 is 28.1 Å². The number of nitrogens with one attached hydrogen (secondary N) is 1. The summed E-state index contributed by atoms with van der Waals surface area (Å²) >= 11 is 0. The summed E-state index contributed by atoms with van der Waals surface area (Å²) in [5.41, 5.74) is -0.0195. The zero-order valence-electron chi connectivity index (χ0n) is 14.7. The van der Waals surface area contributed by atoms with Gasteiger partial charge in [0.2, 0.25) is 0 Å². The highest BCUT2D eigenvalue weighted by Gasteiger charge is 2.30. The monoisotopic (exact) mass is 383 g/mol. The number of halogens is 3. The Morgan fingerprint density at radius 1 is 1.04 bits per heavy atom. The molecule has 26 heavy (non-hydrogen) atoms. The molecule has 1 amide bonds. The van der Waals surface area contributed by atoms with Crippen LogP contribution in [-0.4, -0.2) is 27.7 Å². The zero-order chi connectivity index (χ0) is 19.5. The van der Waals surface area contributed by atoms with Gasteiger partial charge in [-0.15, -0.1) is 0 Å². The third kappa shape index (κ3) is 5.17. The quantitative estimate of drug-likeness (QED) is 0.839. The van der Waals surface area contributed by atoms with E-state index in [1.54, 1.807) is 44.4 Å². The maximum atomic E-state index is 12.7. The molecular weight excluding hydrogens is 363 g/mol. The lowest BCUT2D eigenvalue weighted by Crippen LogP contribution is -2.47. The number of alkyl halides is 3. The Morgan fingerprint density at radius 2 is 1.62 bits per heavy atom. The van der Waals surface area contributed by atoms with Gasteiger partial charge in [-0.1, -0.05) is 30.3 Å². The molecule has 7 heteroatoms. The Balaban J connectivity index is 2.33. The van der Waals surface area contributed by atoms with Crippen molar-refractivity contribution in [1.82, 2.24) is 5.32 Å². The minimum atomic E-state index is -4.41. The van der Waals surface area contributed by atoms with Gasteiger partial charge in [0.1, 0.15) is 0 Å². The van der Waals surface area contributed by atoms with Gasteiger partial charge in [0.25, 0.3) is 5.91 Å². The number of amides is 1. The highest BCUT2D eigenvalue weighted by atomic mass is 32.2. The molecular formula is C19H20F3NO2S. The van der Waals surface area contributed by atoms with Crippen LogP contribution in [-0.2, 0) is 17.0 Å². The van der Waals surface area contributed by atoms with Crippen LogP contribution in [0.1, 0.15) is 29.8 Å². The van der Waals surface area contributed by atoms with E-state index in [0.29, 0.717) is 22.4 Å². The summed E-state index contributed by atoms with van der Waals surface area (Å²) in [7, 11) is -1.08. The number of benzene rings is 2. The number of hydrogen-bond donors (Lipinski definition) is 1. The normalized spacial score (nSPS) is 13.3. The van der Waals surface area contributed by atoms with Gasteiger partial charge in [-0.05, 0) is 43.2 Å². The van der Waals surface area contributed by atoms with Crippen LogP contribution < -0.4 is 5.32 Å². The Morgan fingerprint density at radius 3 is 2.15 bits per heavy atom. The van der Waals surface area contributed by atoms with Crippen molar-refractivity contribution in [2.75, 3.05) is 12.0 Å². The molecule has 2 aromatic rings. The van der Waals surface area contributed by atoms with E-state index in [4.69, 9.17) is 0 Å². The van der Waals surface area contributed by atoms with Crippen molar-refractivity contribution in [3.05, 3.63) is 59.7 Å². The molecule has 0 radical (unpaired) electrons. The number of rotatable bonds is 5. The molecule has 2 rings (SSSR count). The van der Waals surface area contributed by atoms with Gasteiger partial charge >= 0.3 is 6.18 Å². The summed E-state index contributed by atoms with van der Waals surface area (Å²) < 4.78 is 49.6. The Labute approximate surface area is 153 Å². The molecule has 0 spiro atoms. The molecule has 2 aromatic carbocycles. The Kier molecular flexibility index (Phi) is 5.91. The summed E-state index contributed by atoms with van der Waals surface area (Å²) in [6, 6.07) is 11.4. The second-order valence-electron chi connectivity index (χ2n) is 6.68. The van der Waals surface area contributed by atoms with Gasteiger partial charge in [-0.25, -0.2) is 0 Å². The minimum Gasteiger partial charge on any atom is -0.346 e. The third-order valence-corrected chi connectivity index (χ3v) is 4.84. The molecule has 0 aliphatic heterocycles. The zero-order valence-corrected chi connectivity index (χ0v) is 15.5. The van der Waals surface area contributed by atoms with Crippen molar-refractivity contribution in [2.45, 2.75) is 25.6 Å². The third-order valence-electron chi connectivity index (χ3n) is 3.71. The summed E-state index contributed by atoms with van der Waals surface area (Å²) in [6.45, 7) is 3.54. The molecule has 1 atom stereocenters. The van der Waals surface area contributed by atoms with Crippen molar-refractivity contribution in [3.63, 3.8) is 0 Å². The van der Waals surface area contributed by atoms with E-state index in [0.717, 1.165) is 12.1 Å². The van der Waals surface area contributed by atoms with Crippen LogP contribution >= 0.6 is 0 Å². The smallest absolute Gasteiger partial charge is 0.346 e. The van der Waals surface area contributed by atoms with Gasteiger partial charge in [0, 0.05) is 33.9 Å². The molecule has 140 valence electrons. The highest BCUT2D eigenvalue weighted by Crippen LogP contribution is 2.32. The Hall–Kier alpha value is -2.15. The average molecular weight is 383 g/mol. The molecule has 0 aromatic heterocycles. The molecule has 0 heterocycles. The summed E-state index contributed by atoms with van der Waals surface area (Å²) in [5, 5.41) is 2.84. The second-order valence-corrected chi connectivity index (χ2v) is 8.11. The number of carbonyl (C=O) groups excluding carboxylic acids is 1. The first-order valence-corrected chi connectivity index (χ1v) is 9.61. The molecule has 1 unspecified atom stereocenters. The van der Waals surface area contributed by atoms with Crippen LogP contribution in [0.2, 0.25) is 0 Å². The largest absolute Gasteiger partial charge is 0.416 e. The van der Waals surface area contributed by atoms with Crippen LogP contribution in [0.4, 0.5) is 13.2 Å². The molecule has 0 aliphatic carbocycles. The standard InChI is InChI=1S/C19H20F3NO2S/c1-18(2,12-26(3)25)23-17(24)16-7-5-4-6-15(16)13-8-10-14(11-9-13)19(20,21)22/h4-11H,12H2,1-3H3,(H,23,24). The van der Waals surface area contributed by atoms with Crippen molar-refractivity contribution < 1.29 is 22.2 Å². The number of carbonyl (C=O) groups is 1. The van der Waals surface area contributed by atoms with Gasteiger partial charge in [0.05, 0.1) is 5.56 Å². The second kappa shape index (κ2) is 7.61. The summed E-state index contributed by atoms with van der Waals surface area (Å²) in [6.07, 6.45) is -2.85.